The van der Waals surface area contributed by atoms with Crippen LogP contribution in [0.4, 0.5) is 10.1 Å². The Morgan fingerprint density at radius 2 is 1.93 bits per heavy atom. The molecular weight excluding hydrogens is 363 g/mol. The fraction of sp³-hybridized carbons (Fsp3) is 0.182. The SMILES string of the molecule is O=C(CCc1c(F)cccc1Cl)N1CCc2cc(-c3ccncc3)ccc21. The minimum Gasteiger partial charge on any atom is -0.312 e. The van der Waals surface area contributed by atoms with Crippen LogP contribution in [0.3, 0.4) is 0 Å². The van der Waals surface area contributed by atoms with Crippen molar-refractivity contribution < 1.29 is 9.18 Å². The number of hydrogen-bond donors (Lipinski definition) is 0. The van der Waals surface area contributed by atoms with Gasteiger partial charge in [-0.3, -0.25) is 9.78 Å². The Morgan fingerprint density at radius 1 is 1.11 bits per heavy atom. The van der Waals surface area contributed by atoms with Crippen LogP contribution in [0.5, 0.6) is 0 Å². The number of halogens is 2. The van der Waals surface area contributed by atoms with Crippen LogP contribution in [0.15, 0.2) is 60.9 Å². The van der Waals surface area contributed by atoms with E-state index in [1.807, 2.05) is 24.3 Å². The van der Waals surface area contributed by atoms with Gasteiger partial charge in [0.1, 0.15) is 5.82 Å². The lowest BCUT2D eigenvalue weighted by Gasteiger charge is -2.18. The molecule has 3 nitrogen and oxygen atoms in total. The summed E-state index contributed by atoms with van der Waals surface area (Å²) in [6.45, 7) is 0.652. The maximum Gasteiger partial charge on any atom is 0.227 e. The number of carbonyl (C=O) groups excluding carboxylic acids is 1. The van der Waals surface area contributed by atoms with E-state index < -0.39 is 0 Å². The van der Waals surface area contributed by atoms with E-state index in [1.165, 1.54) is 6.07 Å². The van der Waals surface area contributed by atoms with Crippen LogP contribution < -0.4 is 4.90 Å². The molecule has 3 aromatic rings. The molecule has 0 aliphatic carbocycles. The van der Waals surface area contributed by atoms with Gasteiger partial charge in [0.05, 0.1) is 0 Å². The molecule has 0 atom stereocenters. The number of hydrogen-bond acceptors (Lipinski definition) is 2. The maximum absolute atomic E-state index is 13.9. The van der Waals surface area contributed by atoms with Gasteiger partial charge in [-0.05, 0) is 65.9 Å². The molecule has 2 heterocycles. The van der Waals surface area contributed by atoms with Crippen LogP contribution in [0.1, 0.15) is 17.5 Å². The van der Waals surface area contributed by atoms with Crippen LogP contribution >= 0.6 is 11.6 Å². The molecule has 0 saturated carbocycles. The highest BCUT2D eigenvalue weighted by Crippen LogP contribution is 2.33. The zero-order chi connectivity index (χ0) is 18.8. The van der Waals surface area contributed by atoms with Gasteiger partial charge < -0.3 is 4.90 Å². The van der Waals surface area contributed by atoms with Crippen molar-refractivity contribution in [2.45, 2.75) is 19.3 Å². The number of carbonyl (C=O) groups is 1. The van der Waals surface area contributed by atoms with Crippen LogP contribution in [-0.4, -0.2) is 17.4 Å². The second-order valence-electron chi connectivity index (χ2n) is 6.57. The fourth-order valence-corrected chi connectivity index (χ4v) is 3.78. The molecule has 0 saturated heterocycles. The van der Waals surface area contributed by atoms with Crippen LogP contribution in [0.2, 0.25) is 5.02 Å². The van der Waals surface area contributed by atoms with E-state index in [9.17, 15) is 9.18 Å². The number of rotatable bonds is 4. The van der Waals surface area contributed by atoms with Crippen molar-refractivity contribution in [3.63, 3.8) is 0 Å². The average Bonchev–Trinajstić information content (AvgIpc) is 3.11. The lowest BCUT2D eigenvalue weighted by atomic mass is 10.0. The molecule has 1 amide bonds. The fourth-order valence-electron chi connectivity index (χ4n) is 3.52. The first-order chi connectivity index (χ1) is 13.1. The molecular formula is C22H18ClFN2O. The summed E-state index contributed by atoms with van der Waals surface area (Å²) < 4.78 is 13.9. The summed E-state index contributed by atoms with van der Waals surface area (Å²) in [4.78, 5) is 18.6. The number of anilines is 1. The number of aromatic nitrogens is 1. The van der Waals surface area contributed by atoms with Gasteiger partial charge in [0.2, 0.25) is 5.91 Å². The van der Waals surface area contributed by atoms with E-state index in [-0.39, 0.29) is 18.1 Å². The van der Waals surface area contributed by atoms with Crippen molar-refractivity contribution in [3.05, 3.63) is 82.9 Å². The zero-order valence-corrected chi connectivity index (χ0v) is 15.4. The van der Waals surface area contributed by atoms with Gasteiger partial charge in [-0.2, -0.15) is 0 Å². The molecule has 5 heteroatoms. The van der Waals surface area contributed by atoms with Gasteiger partial charge >= 0.3 is 0 Å². The van der Waals surface area contributed by atoms with Gasteiger partial charge in [0.25, 0.3) is 0 Å². The molecule has 4 rings (SSSR count). The molecule has 0 radical (unpaired) electrons. The highest BCUT2D eigenvalue weighted by atomic mass is 35.5. The lowest BCUT2D eigenvalue weighted by molar-refractivity contribution is -0.118. The summed E-state index contributed by atoms with van der Waals surface area (Å²) in [7, 11) is 0. The first kappa shape index (κ1) is 17.7. The van der Waals surface area contributed by atoms with Crippen molar-refractivity contribution in [3.8, 4) is 11.1 Å². The number of pyridine rings is 1. The second-order valence-corrected chi connectivity index (χ2v) is 6.98. The smallest absolute Gasteiger partial charge is 0.227 e. The van der Waals surface area contributed by atoms with E-state index in [4.69, 9.17) is 11.6 Å². The van der Waals surface area contributed by atoms with Crippen molar-refractivity contribution in [2.24, 2.45) is 0 Å². The summed E-state index contributed by atoms with van der Waals surface area (Å²) in [5.41, 5.74) is 4.72. The van der Waals surface area contributed by atoms with Gasteiger partial charge in [-0.25, -0.2) is 4.39 Å². The topological polar surface area (TPSA) is 33.2 Å². The molecule has 2 aromatic carbocycles. The Hall–Kier alpha value is -2.72. The van der Waals surface area contributed by atoms with Crippen molar-refractivity contribution in [1.29, 1.82) is 0 Å². The first-order valence-electron chi connectivity index (χ1n) is 8.90. The Kier molecular flexibility index (Phi) is 4.90. The van der Waals surface area contributed by atoms with E-state index >= 15 is 0 Å². The molecule has 0 unspecified atom stereocenters. The van der Waals surface area contributed by atoms with Crippen LogP contribution in [0.25, 0.3) is 11.1 Å². The molecule has 1 aliphatic heterocycles. The van der Waals surface area contributed by atoms with E-state index in [0.29, 0.717) is 23.6 Å². The average molecular weight is 381 g/mol. The van der Waals surface area contributed by atoms with E-state index in [2.05, 4.69) is 11.1 Å². The summed E-state index contributed by atoms with van der Waals surface area (Å²) in [6.07, 6.45) is 4.89. The predicted molar refractivity (Wildman–Crippen MR) is 105 cm³/mol. The Labute approximate surface area is 162 Å². The number of fused-ring (bicyclic) bond motifs is 1. The maximum atomic E-state index is 13.9. The Morgan fingerprint density at radius 3 is 2.70 bits per heavy atom. The van der Waals surface area contributed by atoms with Gasteiger partial charge in [0.15, 0.2) is 0 Å². The summed E-state index contributed by atoms with van der Waals surface area (Å²) in [6, 6.07) is 14.7. The third-order valence-corrected chi connectivity index (χ3v) is 5.29. The molecule has 136 valence electrons. The molecule has 0 fully saturated rings. The van der Waals surface area contributed by atoms with Crippen molar-refractivity contribution in [2.75, 3.05) is 11.4 Å². The van der Waals surface area contributed by atoms with Crippen molar-refractivity contribution in [1.82, 2.24) is 4.98 Å². The normalized spacial score (nSPS) is 12.9. The highest BCUT2D eigenvalue weighted by Gasteiger charge is 2.25. The third kappa shape index (κ3) is 3.58. The molecule has 1 aliphatic rings. The molecule has 0 bridgehead atoms. The first-order valence-corrected chi connectivity index (χ1v) is 9.28. The van der Waals surface area contributed by atoms with Crippen LogP contribution in [-0.2, 0) is 17.6 Å². The lowest BCUT2D eigenvalue weighted by Crippen LogP contribution is -2.29. The largest absolute Gasteiger partial charge is 0.312 e. The number of amides is 1. The molecule has 0 spiro atoms. The zero-order valence-electron chi connectivity index (χ0n) is 14.7. The third-order valence-electron chi connectivity index (χ3n) is 4.94. The minimum atomic E-state index is -0.362. The molecule has 1 aromatic heterocycles. The summed E-state index contributed by atoms with van der Waals surface area (Å²) in [5.74, 6) is -0.371. The Bertz CT molecular complexity index is 971. The molecule has 0 N–H and O–H groups in total. The van der Waals surface area contributed by atoms with Gasteiger partial charge in [0, 0.05) is 41.6 Å². The van der Waals surface area contributed by atoms with E-state index in [0.717, 1.165) is 28.8 Å². The quantitative estimate of drug-likeness (QED) is 0.633. The molecule has 27 heavy (non-hydrogen) atoms. The standard InChI is InChI=1S/C22H18ClFN2O/c23-19-2-1-3-20(24)18(19)5-7-22(27)26-13-10-17-14-16(4-6-21(17)26)15-8-11-25-12-9-15/h1-4,6,8-9,11-12,14H,5,7,10,13H2. The minimum absolute atomic E-state index is 0.00951. The second kappa shape index (κ2) is 7.49. The van der Waals surface area contributed by atoms with Gasteiger partial charge in [-0.1, -0.05) is 23.7 Å². The Balaban J connectivity index is 1.50. The van der Waals surface area contributed by atoms with E-state index in [1.54, 1.807) is 29.4 Å². The summed E-state index contributed by atoms with van der Waals surface area (Å²) >= 11 is 6.06. The number of nitrogens with zero attached hydrogens (tertiary/aromatic N) is 2. The van der Waals surface area contributed by atoms with Crippen LogP contribution in [0, 0.1) is 5.82 Å². The summed E-state index contributed by atoms with van der Waals surface area (Å²) in [5, 5.41) is 0.367. The van der Waals surface area contributed by atoms with Crippen molar-refractivity contribution >= 4 is 23.2 Å². The monoisotopic (exact) mass is 380 g/mol. The predicted octanol–water partition coefficient (Wildman–Crippen LogP) is 5.06. The highest BCUT2D eigenvalue weighted by molar-refractivity contribution is 6.31. The van der Waals surface area contributed by atoms with Gasteiger partial charge in [-0.15, -0.1) is 0 Å². The number of benzene rings is 2.